The lowest BCUT2D eigenvalue weighted by Gasteiger charge is -2.23. The predicted molar refractivity (Wildman–Crippen MR) is 61.7 cm³/mol. The van der Waals surface area contributed by atoms with Gasteiger partial charge in [-0.15, -0.1) is 0 Å². The van der Waals surface area contributed by atoms with Crippen molar-refractivity contribution in [1.82, 2.24) is 5.32 Å². The van der Waals surface area contributed by atoms with E-state index in [-0.39, 0.29) is 11.3 Å². The molecule has 1 aromatic carbocycles. The third-order valence-electron chi connectivity index (χ3n) is 2.23. The fraction of sp³-hybridized carbons (Fsp3) is 0.333. The molecule has 0 aliphatic heterocycles. The van der Waals surface area contributed by atoms with Gasteiger partial charge in [0.1, 0.15) is 11.3 Å². The first-order valence-electron chi connectivity index (χ1n) is 5.07. The van der Waals surface area contributed by atoms with E-state index >= 15 is 0 Å². The molecule has 0 radical (unpaired) electrons. The summed E-state index contributed by atoms with van der Waals surface area (Å²) in [5, 5.41) is 11.8. The molecular weight excluding hydrogens is 222 g/mol. The summed E-state index contributed by atoms with van der Waals surface area (Å²) in [5.41, 5.74) is -0.834. The molecule has 92 valence electrons. The third-order valence-corrected chi connectivity index (χ3v) is 2.23. The summed E-state index contributed by atoms with van der Waals surface area (Å²) >= 11 is 0. The normalized spacial score (nSPS) is 10.8. The van der Waals surface area contributed by atoms with Crippen molar-refractivity contribution < 1.29 is 19.4 Å². The Morgan fingerprint density at radius 3 is 2.53 bits per heavy atom. The molecule has 17 heavy (non-hydrogen) atoms. The van der Waals surface area contributed by atoms with Gasteiger partial charge in [0.25, 0.3) is 5.91 Å². The van der Waals surface area contributed by atoms with Crippen LogP contribution < -0.4 is 5.32 Å². The van der Waals surface area contributed by atoms with Gasteiger partial charge in [0, 0.05) is 5.56 Å². The number of hydrogen-bond donors (Lipinski definition) is 2. The summed E-state index contributed by atoms with van der Waals surface area (Å²) in [5.74, 6) is -0.990. The van der Waals surface area contributed by atoms with Crippen molar-refractivity contribution in [3.63, 3.8) is 0 Å². The van der Waals surface area contributed by atoms with E-state index in [4.69, 9.17) is 0 Å². The Hall–Kier alpha value is -2.04. The fourth-order valence-electron chi connectivity index (χ4n) is 1.31. The maximum atomic E-state index is 11.8. The second kappa shape index (κ2) is 4.86. The highest BCUT2D eigenvalue weighted by atomic mass is 16.5. The monoisotopic (exact) mass is 237 g/mol. The highest BCUT2D eigenvalue weighted by Crippen LogP contribution is 2.12. The number of rotatable bonds is 3. The zero-order valence-corrected chi connectivity index (χ0v) is 9.98. The number of esters is 1. The zero-order chi connectivity index (χ0) is 13.1. The minimum Gasteiger partial charge on any atom is -0.508 e. The van der Waals surface area contributed by atoms with Crippen LogP contribution in [0.4, 0.5) is 0 Å². The second-order valence-electron chi connectivity index (χ2n) is 4.12. The number of hydrogen-bond acceptors (Lipinski definition) is 4. The SMILES string of the molecule is COC(=O)C(C)(C)NC(=O)c1cccc(O)c1. The number of amides is 1. The van der Waals surface area contributed by atoms with E-state index in [0.29, 0.717) is 0 Å². The first kappa shape index (κ1) is 13.0. The number of methoxy groups -OCH3 is 1. The number of phenolic OH excluding ortho intramolecular Hbond substituents is 1. The molecule has 0 atom stereocenters. The number of ether oxygens (including phenoxy) is 1. The van der Waals surface area contributed by atoms with Gasteiger partial charge >= 0.3 is 5.97 Å². The summed E-state index contributed by atoms with van der Waals surface area (Å²) in [6, 6.07) is 5.88. The average molecular weight is 237 g/mol. The standard InChI is InChI=1S/C12H15NO4/c1-12(2,11(16)17-3)13-10(15)8-5-4-6-9(14)7-8/h4-7,14H,1-3H3,(H,13,15). The van der Waals surface area contributed by atoms with Gasteiger partial charge in [0.15, 0.2) is 0 Å². The molecule has 1 aromatic rings. The van der Waals surface area contributed by atoms with Crippen LogP contribution in [-0.4, -0.2) is 29.6 Å². The van der Waals surface area contributed by atoms with Crippen molar-refractivity contribution in [2.45, 2.75) is 19.4 Å². The largest absolute Gasteiger partial charge is 0.508 e. The summed E-state index contributed by atoms with van der Waals surface area (Å²) in [4.78, 5) is 23.2. The van der Waals surface area contributed by atoms with Crippen LogP contribution >= 0.6 is 0 Å². The molecule has 2 N–H and O–H groups in total. The van der Waals surface area contributed by atoms with E-state index in [2.05, 4.69) is 10.1 Å². The van der Waals surface area contributed by atoms with Crippen molar-refractivity contribution in [2.75, 3.05) is 7.11 Å². The molecule has 0 aliphatic carbocycles. The van der Waals surface area contributed by atoms with E-state index in [0.717, 1.165) is 0 Å². The van der Waals surface area contributed by atoms with Crippen LogP contribution in [0.15, 0.2) is 24.3 Å². The molecular formula is C12H15NO4. The molecule has 0 bridgehead atoms. The van der Waals surface area contributed by atoms with E-state index in [1.807, 2.05) is 0 Å². The number of benzene rings is 1. The quantitative estimate of drug-likeness (QED) is 0.771. The lowest BCUT2D eigenvalue weighted by Crippen LogP contribution is -2.50. The van der Waals surface area contributed by atoms with Crippen molar-refractivity contribution in [3.8, 4) is 5.75 Å². The van der Waals surface area contributed by atoms with Crippen LogP contribution in [0.5, 0.6) is 5.75 Å². The minimum atomic E-state index is -1.11. The Morgan fingerprint density at radius 1 is 1.35 bits per heavy atom. The van der Waals surface area contributed by atoms with E-state index < -0.39 is 17.4 Å². The molecule has 5 heteroatoms. The van der Waals surface area contributed by atoms with E-state index in [1.54, 1.807) is 26.0 Å². The maximum absolute atomic E-state index is 11.8. The zero-order valence-electron chi connectivity index (χ0n) is 9.98. The van der Waals surface area contributed by atoms with E-state index in [1.165, 1.54) is 19.2 Å². The molecule has 0 heterocycles. The molecule has 0 spiro atoms. The average Bonchev–Trinajstić information content (AvgIpc) is 2.27. The lowest BCUT2D eigenvalue weighted by atomic mass is 10.1. The predicted octanol–water partition coefficient (Wildman–Crippen LogP) is 1.07. The maximum Gasteiger partial charge on any atom is 0.330 e. The van der Waals surface area contributed by atoms with Crippen LogP contribution in [-0.2, 0) is 9.53 Å². The Kier molecular flexibility index (Phi) is 3.73. The number of phenols is 1. The summed E-state index contributed by atoms with van der Waals surface area (Å²) < 4.78 is 4.57. The van der Waals surface area contributed by atoms with Crippen LogP contribution in [0.1, 0.15) is 24.2 Å². The van der Waals surface area contributed by atoms with Gasteiger partial charge in [-0.25, -0.2) is 4.79 Å². The highest BCUT2D eigenvalue weighted by Gasteiger charge is 2.30. The lowest BCUT2D eigenvalue weighted by molar-refractivity contribution is -0.146. The molecule has 0 aromatic heterocycles. The Bertz CT molecular complexity index is 440. The topological polar surface area (TPSA) is 75.6 Å². The molecule has 5 nitrogen and oxygen atoms in total. The van der Waals surface area contributed by atoms with Crippen LogP contribution in [0.3, 0.4) is 0 Å². The van der Waals surface area contributed by atoms with Crippen molar-refractivity contribution >= 4 is 11.9 Å². The summed E-state index contributed by atoms with van der Waals surface area (Å²) in [6.45, 7) is 3.08. The Morgan fingerprint density at radius 2 is 2.00 bits per heavy atom. The van der Waals surface area contributed by atoms with Gasteiger partial charge in [-0.3, -0.25) is 4.79 Å². The molecule has 1 rings (SSSR count). The Balaban J connectivity index is 2.83. The molecule has 0 aliphatic rings. The van der Waals surface area contributed by atoms with Gasteiger partial charge < -0.3 is 15.2 Å². The molecule has 0 fully saturated rings. The van der Waals surface area contributed by atoms with Gasteiger partial charge in [0.2, 0.25) is 0 Å². The van der Waals surface area contributed by atoms with E-state index in [9.17, 15) is 14.7 Å². The fourth-order valence-corrected chi connectivity index (χ4v) is 1.31. The number of carbonyl (C=O) groups excluding carboxylic acids is 2. The third kappa shape index (κ3) is 3.21. The highest BCUT2D eigenvalue weighted by molar-refractivity contribution is 5.98. The molecule has 0 saturated heterocycles. The second-order valence-corrected chi connectivity index (χ2v) is 4.12. The molecule has 1 amide bonds. The minimum absolute atomic E-state index is 0.00600. The van der Waals surface area contributed by atoms with Gasteiger partial charge in [0.05, 0.1) is 7.11 Å². The number of carbonyl (C=O) groups is 2. The summed E-state index contributed by atoms with van der Waals surface area (Å²) in [6.07, 6.45) is 0. The van der Waals surface area contributed by atoms with Crippen LogP contribution in [0.2, 0.25) is 0 Å². The van der Waals surface area contributed by atoms with Gasteiger partial charge in [-0.05, 0) is 32.0 Å². The van der Waals surface area contributed by atoms with Crippen LogP contribution in [0.25, 0.3) is 0 Å². The van der Waals surface area contributed by atoms with Gasteiger partial charge in [-0.1, -0.05) is 6.07 Å². The molecule has 0 saturated carbocycles. The molecule has 0 unspecified atom stereocenters. The van der Waals surface area contributed by atoms with Crippen molar-refractivity contribution in [2.24, 2.45) is 0 Å². The number of nitrogens with one attached hydrogen (secondary N) is 1. The smallest absolute Gasteiger partial charge is 0.330 e. The van der Waals surface area contributed by atoms with Crippen molar-refractivity contribution in [1.29, 1.82) is 0 Å². The van der Waals surface area contributed by atoms with Crippen LogP contribution in [0, 0.1) is 0 Å². The van der Waals surface area contributed by atoms with Gasteiger partial charge in [-0.2, -0.15) is 0 Å². The first-order chi connectivity index (χ1) is 7.86. The first-order valence-corrected chi connectivity index (χ1v) is 5.07. The number of aromatic hydroxyl groups is 1. The van der Waals surface area contributed by atoms with Crippen molar-refractivity contribution in [3.05, 3.63) is 29.8 Å². The Labute approximate surface area is 99.4 Å². The summed E-state index contributed by atoms with van der Waals surface area (Å²) in [7, 11) is 1.25.